The molecule has 0 atom stereocenters. The van der Waals surface area contributed by atoms with E-state index in [0.717, 1.165) is 29.3 Å². The molecule has 3 rings (SSSR count). The average Bonchev–Trinajstić information content (AvgIpc) is 3.07. The van der Waals surface area contributed by atoms with Gasteiger partial charge >= 0.3 is 6.03 Å². The summed E-state index contributed by atoms with van der Waals surface area (Å²) in [7, 11) is 0. The third-order valence-corrected chi connectivity index (χ3v) is 4.73. The van der Waals surface area contributed by atoms with Gasteiger partial charge in [-0.25, -0.2) is 4.79 Å². The molecule has 0 spiro atoms. The summed E-state index contributed by atoms with van der Waals surface area (Å²) in [4.78, 5) is 17.6. The summed E-state index contributed by atoms with van der Waals surface area (Å²) < 4.78 is 0. The van der Waals surface area contributed by atoms with Crippen molar-refractivity contribution < 1.29 is 9.90 Å². The minimum atomic E-state index is -0.0708. The zero-order valence-electron chi connectivity index (χ0n) is 13.4. The van der Waals surface area contributed by atoms with E-state index in [-0.39, 0.29) is 18.7 Å². The van der Waals surface area contributed by atoms with Crippen LogP contribution in [-0.4, -0.2) is 40.2 Å². The lowest BCUT2D eigenvalue weighted by molar-refractivity contribution is 0.134. The van der Waals surface area contributed by atoms with Gasteiger partial charge in [-0.05, 0) is 30.5 Å². The molecule has 0 bridgehead atoms. The predicted octanol–water partition coefficient (Wildman–Crippen LogP) is 3.00. The molecule has 3 N–H and O–H groups in total. The van der Waals surface area contributed by atoms with Gasteiger partial charge < -0.3 is 20.3 Å². The van der Waals surface area contributed by atoms with Crippen molar-refractivity contribution in [1.29, 1.82) is 0 Å². The van der Waals surface area contributed by atoms with Gasteiger partial charge in [0.15, 0.2) is 0 Å². The number of nitrogens with zero attached hydrogens (tertiary/aromatic N) is 1. The van der Waals surface area contributed by atoms with Crippen molar-refractivity contribution in [1.82, 2.24) is 15.2 Å². The Morgan fingerprint density at radius 2 is 2.09 bits per heavy atom. The van der Waals surface area contributed by atoms with E-state index in [1.165, 1.54) is 19.3 Å². The number of amides is 2. The van der Waals surface area contributed by atoms with Crippen LogP contribution in [0.25, 0.3) is 10.9 Å². The highest BCUT2D eigenvalue weighted by Crippen LogP contribution is 2.23. The Morgan fingerprint density at radius 1 is 1.26 bits per heavy atom. The highest BCUT2D eigenvalue weighted by atomic mass is 16.3. The number of carbonyl (C=O) groups is 1. The minimum absolute atomic E-state index is 0.0112. The summed E-state index contributed by atoms with van der Waals surface area (Å²) in [6.07, 6.45) is 7.59. The molecule has 1 aromatic carbocycles. The zero-order valence-corrected chi connectivity index (χ0v) is 13.4. The number of rotatable bonds is 5. The fourth-order valence-electron chi connectivity index (χ4n) is 3.53. The molecule has 2 aromatic rings. The number of carbonyl (C=O) groups excluding carboxylic acids is 1. The van der Waals surface area contributed by atoms with Gasteiger partial charge in [0.25, 0.3) is 0 Å². The summed E-state index contributed by atoms with van der Waals surface area (Å²) in [5, 5.41) is 13.5. The second kappa shape index (κ2) is 7.51. The molecule has 5 nitrogen and oxygen atoms in total. The molecule has 0 saturated heterocycles. The van der Waals surface area contributed by atoms with Gasteiger partial charge in [-0.3, -0.25) is 0 Å². The maximum atomic E-state index is 12.6. The van der Waals surface area contributed by atoms with Gasteiger partial charge in [-0.15, -0.1) is 0 Å². The molecule has 1 aromatic heterocycles. The summed E-state index contributed by atoms with van der Waals surface area (Å²) in [6.45, 7) is 0.921. The molecule has 0 radical (unpaired) electrons. The third kappa shape index (κ3) is 3.67. The SMILES string of the molecule is O=C(NCc1cccc2[nH]ccc12)N(CCO)C1CCCCC1. The Labute approximate surface area is 136 Å². The Kier molecular flexibility index (Phi) is 5.18. The van der Waals surface area contributed by atoms with Crippen LogP contribution in [0.1, 0.15) is 37.7 Å². The van der Waals surface area contributed by atoms with Crippen molar-refractivity contribution >= 4 is 16.9 Å². The molecule has 5 heteroatoms. The van der Waals surface area contributed by atoms with E-state index in [0.29, 0.717) is 13.1 Å². The second-order valence-corrected chi connectivity index (χ2v) is 6.22. The monoisotopic (exact) mass is 315 g/mol. The number of aliphatic hydroxyl groups excluding tert-OH is 1. The first-order valence-corrected chi connectivity index (χ1v) is 8.50. The van der Waals surface area contributed by atoms with Crippen molar-refractivity contribution in [3.63, 3.8) is 0 Å². The number of aromatic nitrogens is 1. The average molecular weight is 315 g/mol. The highest BCUT2D eigenvalue weighted by Gasteiger charge is 2.24. The van der Waals surface area contributed by atoms with E-state index < -0.39 is 0 Å². The van der Waals surface area contributed by atoms with Gasteiger partial charge in [0.1, 0.15) is 0 Å². The largest absolute Gasteiger partial charge is 0.395 e. The van der Waals surface area contributed by atoms with Crippen LogP contribution >= 0.6 is 0 Å². The van der Waals surface area contributed by atoms with Gasteiger partial charge in [0.05, 0.1) is 6.61 Å². The van der Waals surface area contributed by atoms with Gasteiger partial charge in [0, 0.05) is 36.2 Å². The van der Waals surface area contributed by atoms with Gasteiger partial charge in [-0.2, -0.15) is 0 Å². The van der Waals surface area contributed by atoms with E-state index >= 15 is 0 Å². The zero-order chi connectivity index (χ0) is 16.1. The number of urea groups is 1. The Balaban J connectivity index is 1.65. The molecule has 1 aliphatic rings. The minimum Gasteiger partial charge on any atom is -0.395 e. The van der Waals surface area contributed by atoms with Crippen LogP contribution in [0.5, 0.6) is 0 Å². The molecule has 1 heterocycles. The van der Waals surface area contributed by atoms with Crippen LogP contribution in [0.15, 0.2) is 30.5 Å². The van der Waals surface area contributed by atoms with E-state index in [2.05, 4.69) is 10.3 Å². The summed E-state index contributed by atoms with van der Waals surface area (Å²) >= 11 is 0. The second-order valence-electron chi connectivity index (χ2n) is 6.22. The lowest BCUT2D eigenvalue weighted by atomic mass is 9.94. The lowest BCUT2D eigenvalue weighted by Gasteiger charge is -2.34. The normalized spacial score (nSPS) is 15.7. The van der Waals surface area contributed by atoms with Crippen LogP contribution in [0, 0.1) is 0 Å². The molecular weight excluding hydrogens is 290 g/mol. The maximum absolute atomic E-state index is 12.6. The number of aromatic amines is 1. The first kappa shape index (κ1) is 15.9. The first-order valence-electron chi connectivity index (χ1n) is 8.50. The standard InChI is InChI=1S/C18H25N3O2/c22-12-11-21(15-6-2-1-3-7-15)18(23)20-13-14-5-4-8-17-16(14)9-10-19-17/h4-5,8-10,15,19,22H,1-3,6-7,11-13H2,(H,20,23). The van der Waals surface area contributed by atoms with Crippen LogP contribution in [0.2, 0.25) is 0 Å². The van der Waals surface area contributed by atoms with E-state index in [9.17, 15) is 9.90 Å². The quantitative estimate of drug-likeness (QED) is 0.794. The van der Waals surface area contributed by atoms with Crippen molar-refractivity contribution in [2.75, 3.05) is 13.2 Å². The maximum Gasteiger partial charge on any atom is 0.317 e. The fraction of sp³-hybridized carbons (Fsp3) is 0.500. The molecule has 1 fully saturated rings. The van der Waals surface area contributed by atoms with Crippen LogP contribution < -0.4 is 5.32 Å². The van der Waals surface area contributed by atoms with E-state index in [4.69, 9.17) is 0 Å². The van der Waals surface area contributed by atoms with Gasteiger partial charge in [0.2, 0.25) is 0 Å². The van der Waals surface area contributed by atoms with Gasteiger partial charge in [-0.1, -0.05) is 31.4 Å². The van der Waals surface area contributed by atoms with Crippen LogP contribution in [0.3, 0.4) is 0 Å². The number of H-pyrrole nitrogens is 1. The number of aliphatic hydroxyl groups is 1. The third-order valence-electron chi connectivity index (χ3n) is 4.73. The Hall–Kier alpha value is -2.01. The lowest BCUT2D eigenvalue weighted by Crippen LogP contribution is -2.48. The molecule has 1 aliphatic carbocycles. The molecular formula is C18H25N3O2. The van der Waals surface area contributed by atoms with E-state index in [1.54, 1.807) is 0 Å². The highest BCUT2D eigenvalue weighted by molar-refractivity contribution is 5.83. The topological polar surface area (TPSA) is 68.4 Å². The van der Waals surface area contributed by atoms with Crippen molar-refractivity contribution in [3.8, 4) is 0 Å². The molecule has 2 amide bonds. The number of fused-ring (bicyclic) bond motifs is 1. The van der Waals surface area contributed by atoms with Crippen LogP contribution in [0.4, 0.5) is 4.79 Å². The van der Waals surface area contributed by atoms with E-state index in [1.807, 2.05) is 35.4 Å². The summed E-state index contributed by atoms with van der Waals surface area (Å²) in [5.74, 6) is 0. The number of hydrogen-bond acceptors (Lipinski definition) is 2. The molecule has 1 saturated carbocycles. The number of nitrogens with one attached hydrogen (secondary N) is 2. The smallest absolute Gasteiger partial charge is 0.317 e. The molecule has 124 valence electrons. The van der Waals surface area contributed by atoms with Crippen molar-refractivity contribution in [2.45, 2.75) is 44.7 Å². The van der Waals surface area contributed by atoms with Crippen molar-refractivity contribution in [2.24, 2.45) is 0 Å². The Morgan fingerprint density at radius 3 is 2.87 bits per heavy atom. The molecule has 0 aliphatic heterocycles. The van der Waals surface area contributed by atoms with Crippen molar-refractivity contribution in [3.05, 3.63) is 36.0 Å². The predicted molar refractivity (Wildman–Crippen MR) is 91.2 cm³/mol. The first-order chi connectivity index (χ1) is 11.3. The van der Waals surface area contributed by atoms with Crippen LogP contribution in [-0.2, 0) is 6.54 Å². The fourth-order valence-corrected chi connectivity index (χ4v) is 3.53. The number of benzene rings is 1. The Bertz CT molecular complexity index is 647. The number of hydrogen-bond donors (Lipinski definition) is 3. The molecule has 0 unspecified atom stereocenters. The summed E-state index contributed by atoms with van der Waals surface area (Å²) in [5.41, 5.74) is 2.18. The summed E-state index contributed by atoms with van der Waals surface area (Å²) in [6, 6.07) is 8.28. The molecule has 23 heavy (non-hydrogen) atoms.